The van der Waals surface area contributed by atoms with Gasteiger partial charge in [0.15, 0.2) is 0 Å². The second kappa shape index (κ2) is 5.45. The van der Waals surface area contributed by atoms with Crippen molar-refractivity contribution in [3.8, 4) is 0 Å². The summed E-state index contributed by atoms with van der Waals surface area (Å²) in [6, 6.07) is 1.97. The Hall–Kier alpha value is -1.16. The van der Waals surface area contributed by atoms with Crippen molar-refractivity contribution in [2.75, 3.05) is 18.0 Å². The Morgan fingerprint density at radius 3 is 2.63 bits per heavy atom. The molecule has 104 valence electrons. The van der Waals surface area contributed by atoms with E-state index in [2.05, 4.69) is 23.7 Å². The minimum Gasteiger partial charge on any atom is -0.389 e. The predicted molar refractivity (Wildman–Crippen MR) is 84.7 cm³/mol. The van der Waals surface area contributed by atoms with Crippen molar-refractivity contribution in [1.29, 1.82) is 0 Å². The summed E-state index contributed by atoms with van der Waals surface area (Å²) in [6.45, 7) is 8.77. The zero-order chi connectivity index (χ0) is 14.0. The smallest absolute Gasteiger partial charge is 0.139 e. The molecule has 0 radical (unpaired) electrons. The van der Waals surface area contributed by atoms with Crippen molar-refractivity contribution in [3.63, 3.8) is 0 Å². The fourth-order valence-electron chi connectivity index (χ4n) is 2.70. The Kier molecular flexibility index (Phi) is 4.09. The van der Waals surface area contributed by atoms with Gasteiger partial charge < -0.3 is 10.6 Å². The fraction of sp³-hybridized carbons (Fsp3) is 0.600. The average Bonchev–Trinajstić information content (AvgIpc) is 2.39. The summed E-state index contributed by atoms with van der Waals surface area (Å²) < 4.78 is 0. The molecule has 0 bridgehead atoms. The van der Waals surface area contributed by atoms with E-state index in [0.717, 1.165) is 30.0 Å². The van der Waals surface area contributed by atoms with Crippen LogP contribution in [0, 0.1) is 12.3 Å². The van der Waals surface area contributed by atoms with Gasteiger partial charge in [-0.15, -0.1) is 0 Å². The first kappa shape index (κ1) is 14.3. The Morgan fingerprint density at radius 1 is 1.47 bits per heavy atom. The summed E-state index contributed by atoms with van der Waals surface area (Å²) in [5, 5.41) is 0. The molecule has 2 N–H and O–H groups in total. The predicted octanol–water partition coefficient (Wildman–Crippen LogP) is 3.04. The second-order valence-electron chi connectivity index (χ2n) is 5.84. The summed E-state index contributed by atoms with van der Waals surface area (Å²) in [5.74, 6) is 0.964. The van der Waals surface area contributed by atoms with E-state index in [9.17, 15) is 0 Å². The molecule has 1 saturated heterocycles. The molecule has 0 saturated carbocycles. The lowest BCUT2D eigenvalue weighted by molar-refractivity contribution is 0.238. The number of anilines is 1. The quantitative estimate of drug-likeness (QED) is 0.862. The normalized spacial score (nSPS) is 18.4. The standard InChI is InChI=1S/C15H23N3S/c1-4-15(3)6-9-18(10-7-15)14-12(13(16)19)11(2)5-8-17-14/h5,8H,4,6-7,9-10H2,1-3H3,(H2,16,19). The largest absolute Gasteiger partial charge is 0.389 e. The number of piperidine rings is 1. The molecule has 0 aromatic carbocycles. The maximum Gasteiger partial charge on any atom is 0.139 e. The number of hydrogen-bond acceptors (Lipinski definition) is 3. The highest BCUT2D eigenvalue weighted by Crippen LogP contribution is 2.36. The summed E-state index contributed by atoms with van der Waals surface area (Å²) in [7, 11) is 0. The molecule has 1 aromatic rings. The Labute approximate surface area is 121 Å². The molecule has 1 aliphatic heterocycles. The lowest BCUT2D eigenvalue weighted by Crippen LogP contribution is -2.40. The van der Waals surface area contributed by atoms with Crippen LogP contribution in [0.15, 0.2) is 12.3 Å². The number of rotatable bonds is 3. The van der Waals surface area contributed by atoms with Gasteiger partial charge in [-0.2, -0.15) is 0 Å². The van der Waals surface area contributed by atoms with Crippen LogP contribution in [0.2, 0.25) is 0 Å². The van der Waals surface area contributed by atoms with Crippen LogP contribution in [0.25, 0.3) is 0 Å². The van der Waals surface area contributed by atoms with Crippen LogP contribution >= 0.6 is 12.2 Å². The number of nitrogens with zero attached hydrogens (tertiary/aromatic N) is 2. The first-order chi connectivity index (χ1) is 8.97. The number of pyridine rings is 1. The van der Waals surface area contributed by atoms with E-state index in [1.165, 1.54) is 19.3 Å². The van der Waals surface area contributed by atoms with Crippen LogP contribution in [0.5, 0.6) is 0 Å². The van der Waals surface area contributed by atoms with E-state index in [0.29, 0.717) is 10.4 Å². The molecule has 3 nitrogen and oxygen atoms in total. The van der Waals surface area contributed by atoms with Gasteiger partial charge in [-0.3, -0.25) is 0 Å². The van der Waals surface area contributed by atoms with Crippen molar-refractivity contribution < 1.29 is 0 Å². The monoisotopic (exact) mass is 277 g/mol. The zero-order valence-corrected chi connectivity index (χ0v) is 12.9. The molecule has 0 atom stereocenters. The Bertz CT molecular complexity index is 476. The van der Waals surface area contributed by atoms with Gasteiger partial charge in [0.2, 0.25) is 0 Å². The van der Waals surface area contributed by atoms with Crippen LogP contribution in [-0.2, 0) is 0 Å². The van der Waals surface area contributed by atoms with Gasteiger partial charge >= 0.3 is 0 Å². The van der Waals surface area contributed by atoms with Gasteiger partial charge in [-0.25, -0.2) is 4.98 Å². The van der Waals surface area contributed by atoms with Gasteiger partial charge in [0.1, 0.15) is 10.8 Å². The van der Waals surface area contributed by atoms with E-state index < -0.39 is 0 Å². The molecule has 2 rings (SSSR count). The van der Waals surface area contributed by atoms with E-state index in [1.807, 2.05) is 19.2 Å². The van der Waals surface area contributed by atoms with Crippen molar-refractivity contribution in [2.24, 2.45) is 11.1 Å². The van der Waals surface area contributed by atoms with Crippen molar-refractivity contribution in [2.45, 2.75) is 40.0 Å². The summed E-state index contributed by atoms with van der Waals surface area (Å²) in [6.07, 6.45) is 5.50. The molecule has 4 heteroatoms. The van der Waals surface area contributed by atoms with Gasteiger partial charge in [-0.05, 0) is 36.8 Å². The number of thiocarbonyl (C=S) groups is 1. The zero-order valence-electron chi connectivity index (χ0n) is 12.1. The van der Waals surface area contributed by atoms with Crippen molar-refractivity contribution in [3.05, 3.63) is 23.4 Å². The van der Waals surface area contributed by atoms with Crippen LogP contribution in [0.3, 0.4) is 0 Å². The minimum absolute atomic E-state index is 0.449. The highest BCUT2D eigenvalue weighted by molar-refractivity contribution is 7.80. The van der Waals surface area contributed by atoms with Crippen LogP contribution in [0.4, 0.5) is 5.82 Å². The van der Waals surface area contributed by atoms with Gasteiger partial charge in [0.25, 0.3) is 0 Å². The molecule has 0 unspecified atom stereocenters. The van der Waals surface area contributed by atoms with Gasteiger partial charge in [0.05, 0.1) is 5.56 Å². The Morgan fingerprint density at radius 2 is 2.11 bits per heavy atom. The van der Waals surface area contributed by atoms with E-state index in [-0.39, 0.29) is 0 Å². The van der Waals surface area contributed by atoms with Gasteiger partial charge in [0, 0.05) is 19.3 Å². The molecule has 0 amide bonds. The summed E-state index contributed by atoms with van der Waals surface area (Å²) in [5.41, 5.74) is 8.40. The van der Waals surface area contributed by atoms with Crippen molar-refractivity contribution in [1.82, 2.24) is 4.98 Å². The molecule has 0 aliphatic carbocycles. The van der Waals surface area contributed by atoms with Gasteiger partial charge in [-0.1, -0.05) is 32.5 Å². The number of aromatic nitrogens is 1. The Balaban J connectivity index is 2.25. The lowest BCUT2D eigenvalue weighted by Gasteiger charge is -2.40. The SMILES string of the molecule is CCC1(C)CCN(c2nccc(C)c2C(N)=S)CC1. The third-order valence-electron chi connectivity index (χ3n) is 4.51. The van der Waals surface area contributed by atoms with Crippen LogP contribution in [0.1, 0.15) is 44.2 Å². The molecule has 1 aromatic heterocycles. The van der Waals surface area contributed by atoms with Crippen LogP contribution in [-0.4, -0.2) is 23.1 Å². The third kappa shape index (κ3) is 2.89. The molecule has 2 heterocycles. The molecule has 1 aliphatic rings. The van der Waals surface area contributed by atoms with E-state index in [1.54, 1.807) is 0 Å². The number of aryl methyl sites for hydroxylation is 1. The van der Waals surface area contributed by atoms with E-state index in [4.69, 9.17) is 18.0 Å². The number of hydrogen-bond donors (Lipinski definition) is 1. The van der Waals surface area contributed by atoms with E-state index >= 15 is 0 Å². The average molecular weight is 277 g/mol. The summed E-state index contributed by atoms with van der Waals surface area (Å²) in [4.78, 5) is 7.30. The first-order valence-electron chi connectivity index (χ1n) is 6.97. The minimum atomic E-state index is 0.449. The molecule has 19 heavy (non-hydrogen) atoms. The fourth-order valence-corrected chi connectivity index (χ4v) is 2.95. The molecular formula is C15H23N3S. The number of nitrogens with two attached hydrogens (primary N) is 1. The lowest BCUT2D eigenvalue weighted by atomic mass is 9.78. The highest BCUT2D eigenvalue weighted by atomic mass is 32.1. The first-order valence-corrected chi connectivity index (χ1v) is 7.38. The second-order valence-corrected chi connectivity index (χ2v) is 6.28. The van der Waals surface area contributed by atoms with Crippen LogP contribution < -0.4 is 10.6 Å². The highest BCUT2D eigenvalue weighted by Gasteiger charge is 2.30. The molecule has 0 spiro atoms. The van der Waals surface area contributed by atoms with Crippen molar-refractivity contribution >= 4 is 23.0 Å². The molecular weight excluding hydrogens is 254 g/mol. The molecule has 1 fully saturated rings. The summed E-state index contributed by atoms with van der Waals surface area (Å²) >= 11 is 5.19. The topological polar surface area (TPSA) is 42.2 Å². The third-order valence-corrected chi connectivity index (χ3v) is 4.71. The maximum atomic E-state index is 5.87. The maximum absolute atomic E-state index is 5.87.